The first-order valence-corrected chi connectivity index (χ1v) is 6.91. The molecule has 1 aromatic carbocycles. The maximum absolute atomic E-state index is 12.0. The summed E-state index contributed by atoms with van der Waals surface area (Å²) < 4.78 is 10.0. The van der Waals surface area contributed by atoms with Gasteiger partial charge < -0.3 is 14.8 Å². The smallest absolute Gasteiger partial charge is 0.319 e. The van der Waals surface area contributed by atoms with Crippen LogP contribution in [0.3, 0.4) is 0 Å². The zero-order valence-corrected chi connectivity index (χ0v) is 12.7. The van der Waals surface area contributed by atoms with Crippen LogP contribution in [0.5, 0.6) is 5.75 Å². The molecule has 0 aromatic heterocycles. The Kier molecular flexibility index (Phi) is 7.25. The van der Waals surface area contributed by atoms with Gasteiger partial charge in [-0.1, -0.05) is 19.1 Å². The third-order valence-electron chi connectivity index (χ3n) is 2.86. The van der Waals surface area contributed by atoms with Crippen molar-refractivity contribution < 1.29 is 19.1 Å². The van der Waals surface area contributed by atoms with Gasteiger partial charge in [0.15, 0.2) is 0 Å². The minimum absolute atomic E-state index is 0.0908. The number of carbonyl (C=O) groups is 2. The van der Waals surface area contributed by atoms with E-state index in [1.165, 1.54) is 7.11 Å². The zero-order chi connectivity index (χ0) is 15.7. The number of methoxy groups -OCH3 is 1. The first-order valence-electron chi connectivity index (χ1n) is 6.91. The van der Waals surface area contributed by atoms with E-state index in [9.17, 15) is 9.59 Å². The van der Waals surface area contributed by atoms with Crippen molar-refractivity contribution in [2.24, 2.45) is 0 Å². The van der Waals surface area contributed by atoms with E-state index in [2.05, 4.69) is 10.1 Å². The average Bonchev–Trinajstić information content (AvgIpc) is 2.48. The Bertz CT molecular complexity index is 476. The lowest BCUT2D eigenvalue weighted by atomic mass is 10.3. The highest BCUT2D eigenvalue weighted by Gasteiger charge is 2.14. The molecule has 0 bridgehead atoms. The van der Waals surface area contributed by atoms with Crippen molar-refractivity contribution in [3.05, 3.63) is 24.3 Å². The summed E-state index contributed by atoms with van der Waals surface area (Å²) in [5, 5.41) is 2.79. The van der Waals surface area contributed by atoms with Gasteiger partial charge in [0.1, 0.15) is 5.75 Å². The highest BCUT2D eigenvalue weighted by Crippen LogP contribution is 2.23. The summed E-state index contributed by atoms with van der Waals surface area (Å²) in [6.07, 6.45) is 0. The van der Waals surface area contributed by atoms with E-state index in [4.69, 9.17) is 4.74 Å². The molecular weight excluding hydrogens is 272 g/mol. The Morgan fingerprint density at radius 3 is 2.52 bits per heavy atom. The number of esters is 1. The lowest BCUT2D eigenvalue weighted by Gasteiger charge is -2.19. The molecule has 21 heavy (non-hydrogen) atoms. The fourth-order valence-corrected chi connectivity index (χ4v) is 1.77. The number of ether oxygens (including phenoxy) is 2. The van der Waals surface area contributed by atoms with Gasteiger partial charge in [0.05, 0.1) is 32.5 Å². The first-order chi connectivity index (χ1) is 10.1. The molecule has 0 heterocycles. The molecule has 6 nitrogen and oxygen atoms in total. The highest BCUT2D eigenvalue weighted by atomic mass is 16.5. The van der Waals surface area contributed by atoms with Crippen LogP contribution < -0.4 is 10.1 Å². The molecule has 1 N–H and O–H groups in total. The summed E-state index contributed by atoms with van der Waals surface area (Å²) in [5.41, 5.74) is 0.624. The molecule has 0 aliphatic heterocycles. The third kappa shape index (κ3) is 5.83. The summed E-state index contributed by atoms with van der Waals surface area (Å²) in [4.78, 5) is 25.0. The van der Waals surface area contributed by atoms with E-state index in [1.54, 1.807) is 17.0 Å². The Morgan fingerprint density at radius 1 is 1.19 bits per heavy atom. The minimum atomic E-state index is -0.362. The number of hydrogen-bond donors (Lipinski definition) is 1. The molecule has 0 aliphatic rings. The van der Waals surface area contributed by atoms with Crippen LogP contribution in [0, 0.1) is 0 Å². The molecule has 1 aromatic rings. The fourth-order valence-electron chi connectivity index (χ4n) is 1.77. The summed E-state index contributed by atoms with van der Waals surface area (Å²) in [5.74, 6) is 0.0663. The van der Waals surface area contributed by atoms with Crippen LogP contribution >= 0.6 is 0 Å². The van der Waals surface area contributed by atoms with E-state index < -0.39 is 0 Å². The molecule has 1 amide bonds. The second kappa shape index (κ2) is 8.97. The van der Waals surface area contributed by atoms with E-state index in [0.717, 1.165) is 0 Å². The number of hydrogen-bond acceptors (Lipinski definition) is 5. The minimum Gasteiger partial charge on any atom is -0.492 e. The standard InChI is InChI=1S/C15H22N2O4/c1-4-17(11-15(19)20-3)10-14(18)16-12-8-6-7-9-13(12)21-5-2/h6-9H,4-5,10-11H2,1-3H3,(H,16,18). The van der Waals surface area contributed by atoms with Crippen molar-refractivity contribution in [2.75, 3.05) is 38.7 Å². The molecule has 0 unspecified atom stereocenters. The van der Waals surface area contributed by atoms with Crippen LogP contribution in [0.2, 0.25) is 0 Å². The molecule has 0 saturated carbocycles. The lowest BCUT2D eigenvalue weighted by Crippen LogP contribution is -2.37. The molecule has 0 aliphatic carbocycles. The number of para-hydroxylation sites is 2. The van der Waals surface area contributed by atoms with Gasteiger partial charge in [0, 0.05) is 0 Å². The van der Waals surface area contributed by atoms with Gasteiger partial charge in [-0.15, -0.1) is 0 Å². The Hall–Kier alpha value is -2.08. The monoisotopic (exact) mass is 294 g/mol. The van der Waals surface area contributed by atoms with Gasteiger partial charge in [-0.25, -0.2) is 0 Å². The van der Waals surface area contributed by atoms with Crippen molar-refractivity contribution in [2.45, 2.75) is 13.8 Å². The number of likely N-dealkylation sites (N-methyl/N-ethyl adjacent to an activating group) is 1. The van der Waals surface area contributed by atoms with E-state index >= 15 is 0 Å². The maximum Gasteiger partial charge on any atom is 0.319 e. The lowest BCUT2D eigenvalue weighted by molar-refractivity contribution is -0.142. The number of anilines is 1. The second-order valence-electron chi connectivity index (χ2n) is 4.36. The largest absolute Gasteiger partial charge is 0.492 e. The quantitative estimate of drug-likeness (QED) is 0.736. The molecule has 0 spiro atoms. The van der Waals surface area contributed by atoms with Crippen molar-refractivity contribution in [1.29, 1.82) is 0 Å². The number of amides is 1. The molecule has 116 valence electrons. The van der Waals surface area contributed by atoms with E-state index in [1.807, 2.05) is 26.0 Å². The molecular formula is C15H22N2O4. The van der Waals surface area contributed by atoms with E-state index in [0.29, 0.717) is 24.6 Å². The van der Waals surface area contributed by atoms with Crippen LogP contribution in [0.15, 0.2) is 24.3 Å². The Morgan fingerprint density at radius 2 is 1.90 bits per heavy atom. The Labute approximate surface area is 125 Å². The topological polar surface area (TPSA) is 67.9 Å². The molecule has 1 rings (SSSR count). The number of nitrogens with zero attached hydrogens (tertiary/aromatic N) is 1. The zero-order valence-electron chi connectivity index (χ0n) is 12.7. The molecule has 0 atom stereocenters. The first kappa shape index (κ1) is 17.0. The average molecular weight is 294 g/mol. The summed E-state index contributed by atoms with van der Waals surface area (Å²) in [6.45, 7) is 5.07. The van der Waals surface area contributed by atoms with Gasteiger partial charge >= 0.3 is 5.97 Å². The number of benzene rings is 1. The number of rotatable bonds is 8. The van der Waals surface area contributed by atoms with Gasteiger partial charge in [0.25, 0.3) is 0 Å². The van der Waals surface area contributed by atoms with Crippen molar-refractivity contribution in [3.8, 4) is 5.75 Å². The third-order valence-corrected chi connectivity index (χ3v) is 2.86. The predicted octanol–water partition coefficient (Wildman–Crippen LogP) is 1.52. The van der Waals surface area contributed by atoms with E-state index in [-0.39, 0.29) is 25.0 Å². The predicted molar refractivity (Wildman–Crippen MR) is 80.4 cm³/mol. The SMILES string of the molecule is CCOc1ccccc1NC(=O)CN(CC)CC(=O)OC. The van der Waals surface area contributed by atoms with Crippen molar-refractivity contribution >= 4 is 17.6 Å². The van der Waals surface area contributed by atoms with Crippen LogP contribution in [0.25, 0.3) is 0 Å². The summed E-state index contributed by atoms with van der Waals surface area (Å²) in [6, 6.07) is 7.24. The van der Waals surface area contributed by atoms with Crippen LogP contribution in [-0.2, 0) is 14.3 Å². The number of carbonyl (C=O) groups excluding carboxylic acids is 2. The summed E-state index contributed by atoms with van der Waals surface area (Å²) >= 11 is 0. The highest BCUT2D eigenvalue weighted by molar-refractivity contribution is 5.93. The molecule has 0 fully saturated rings. The van der Waals surface area contributed by atoms with Gasteiger partial charge in [-0.05, 0) is 25.6 Å². The van der Waals surface area contributed by atoms with Gasteiger partial charge in [-0.2, -0.15) is 0 Å². The fraction of sp³-hybridized carbons (Fsp3) is 0.467. The maximum atomic E-state index is 12.0. The second-order valence-corrected chi connectivity index (χ2v) is 4.36. The molecule has 0 saturated heterocycles. The van der Waals surface area contributed by atoms with Crippen molar-refractivity contribution in [1.82, 2.24) is 4.90 Å². The van der Waals surface area contributed by atoms with Gasteiger partial charge in [-0.3, -0.25) is 14.5 Å². The molecule has 6 heteroatoms. The van der Waals surface area contributed by atoms with Crippen LogP contribution in [0.4, 0.5) is 5.69 Å². The summed E-state index contributed by atoms with van der Waals surface area (Å²) in [7, 11) is 1.33. The normalized spacial score (nSPS) is 10.3. The number of nitrogens with one attached hydrogen (secondary N) is 1. The van der Waals surface area contributed by atoms with Crippen LogP contribution in [0.1, 0.15) is 13.8 Å². The molecule has 0 radical (unpaired) electrons. The Balaban J connectivity index is 2.62. The van der Waals surface area contributed by atoms with Gasteiger partial charge in [0.2, 0.25) is 5.91 Å². The van der Waals surface area contributed by atoms with Crippen LogP contribution in [-0.4, -0.2) is 50.1 Å². The van der Waals surface area contributed by atoms with Crippen molar-refractivity contribution in [3.63, 3.8) is 0 Å².